The number of benzene rings is 1. The minimum absolute atomic E-state index is 0.00675. The molecule has 3 nitrogen and oxygen atoms in total. The molecule has 4 heteroatoms. The zero-order valence-electron chi connectivity index (χ0n) is 14.7. The van der Waals surface area contributed by atoms with Crippen molar-refractivity contribution in [2.24, 2.45) is 0 Å². The highest BCUT2D eigenvalue weighted by Gasteiger charge is 2.20. The smallest absolute Gasteiger partial charge is 0.323 e. The predicted octanol–water partition coefficient (Wildman–Crippen LogP) is 5.29. The maximum absolute atomic E-state index is 12.3. The zero-order chi connectivity index (χ0) is 17.6. The summed E-state index contributed by atoms with van der Waals surface area (Å²) in [4.78, 5) is 24.0. The Hall–Kier alpha value is -1.55. The van der Waals surface area contributed by atoms with Gasteiger partial charge in [0.1, 0.15) is 11.9 Å². The summed E-state index contributed by atoms with van der Waals surface area (Å²) in [6, 6.07) is 9.57. The van der Waals surface area contributed by atoms with Crippen molar-refractivity contribution < 1.29 is 14.3 Å². The summed E-state index contributed by atoms with van der Waals surface area (Å²) < 4.78 is 5.37. The topological polar surface area (TPSA) is 43.4 Å². The van der Waals surface area contributed by atoms with Gasteiger partial charge in [-0.2, -0.15) is 0 Å². The molecule has 1 rings (SSSR count). The summed E-state index contributed by atoms with van der Waals surface area (Å²) in [7, 11) is 0. The SMILES string of the molecule is CCCCCC/C=C/C(SC(=O)CC)C(=O)OCc1ccccc1. The van der Waals surface area contributed by atoms with Gasteiger partial charge in [-0.25, -0.2) is 0 Å². The van der Waals surface area contributed by atoms with Crippen molar-refractivity contribution in [3.8, 4) is 0 Å². The number of carbonyl (C=O) groups is 2. The van der Waals surface area contributed by atoms with Crippen LogP contribution in [0.1, 0.15) is 57.9 Å². The summed E-state index contributed by atoms with van der Waals surface area (Å²) in [6.45, 7) is 4.22. The van der Waals surface area contributed by atoms with E-state index in [0.29, 0.717) is 6.42 Å². The Balaban J connectivity index is 2.51. The second kappa shape index (κ2) is 12.8. The fourth-order valence-corrected chi connectivity index (χ4v) is 2.91. The number of esters is 1. The van der Waals surface area contributed by atoms with Gasteiger partial charge in [0.15, 0.2) is 5.12 Å². The van der Waals surface area contributed by atoms with Gasteiger partial charge >= 0.3 is 5.97 Å². The molecule has 0 saturated carbocycles. The van der Waals surface area contributed by atoms with Gasteiger partial charge in [-0.05, 0) is 18.4 Å². The number of rotatable bonds is 11. The molecule has 0 fully saturated rings. The van der Waals surface area contributed by atoms with Gasteiger partial charge in [0.25, 0.3) is 0 Å². The summed E-state index contributed by atoms with van der Waals surface area (Å²) in [5.41, 5.74) is 0.944. The van der Waals surface area contributed by atoms with Crippen molar-refractivity contribution in [1.29, 1.82) is 0 Å². The van der Waals surface area contributed by atoms with Gasteiger partial charge in [-0.3, -0.25) is 9.59 Å². The van der Waals surface area contributed by atoms with E-state index in [1.54, 1.807) is 6.92 Å². The summed E-state index contributed by atoms with van der Waals surface area (Å²) in [6.07, 6.45) is 9.92. The van der Waals surface area contributed by atoms with Gasteiger partial charge in [0.2, 0.25) is 0 Å². The van der Waals surface area contributed by atoms with Crippen molar-refractivity contribution in [2.75, 3.05) is 0 Å². The van der Waals surface area contributed by atoms with Crippen molar-refractivity contribution in [3.63, 3.8) is 0 Å². The molecule has 1 unspecified atom stereocenters. The number of hydrogen-bond donors (Lipinski definition) is 0. The van der Waals surface area contributed by atoms with E-state index in [2.05, 4.69) is 6.92 Å². The van der Waals surface area contributed by atoms with Crippen LogP contribution >= 0.6 is 11.8 Å². The molecule has 0 saturated heterocycles. The molecule has 24 heavy (non-hydrogen) atoms. The Kier molecular flexibility index (Phi) is 10.9. The largest absolute Gasteiger partial charge is 0.460 e. The van der Waals surface area contributed by atoms with E-state index in [1.165, 1.54) is 19.3 Å². The van der Waals surface area contributed by atoms with E-state index in [9.17, 15) is 9.59 Å². The first-order valence-electron chi connectivity index (χ1n) is 8.74. The average Bonchev–Trinajstić information content (AvgIpc) is 2.62. The summed E-state index contributed by atoms with van der Waals surface area (Å²) >= 11 is 1.06. The van der Waals surface area contributed by atoms with Crippen LogP contribution in [0, 0.1) is 0 Å². The lowest BCUT2D eigenvalue weighted by atomic mass is 10.1. The fourth-order valence-electron chi connectivity index (χ4n) is 2.11. The zero-order valence-corrected chi connectivity index (χ0v) is 15.5. The molecule has 1 atom stereocenters. The lowest BCUT2D eigenvalue weighted by Gasteiger charge is -2.11. The minimum Gasteiger partial charge on any atom is -0.460 e. The second-order valence-electron chi connectivity index (χ2n) is 5.63. The van der Waals surface area contributed by atoms with E-state index in [1.807, 2.05) is 42.5 Å². The van der Waals surface area contributed by atoms with Crippen LogP contribution in [0.3, 0.4) is 0 Å². The number of thioether (sulfide) groups is 1. The minimum atomic E-state index is -0.549. The molecule has 132 valence electrons. The third-order valence-corrected chi connectivity index (χ3v) is 4.69. The van der Waals surface area contributed by atoms with Crippen molar-refractivity contribution >= 4 is 22.8 Å². The first-order chi connectivity index (χ1) is 11.7. The van der Waals surface area contributed by atoms with Crippen LogP contribution in [0.25, 0.3) is 0 Å². The fraction of sp³-hybridized carbons (Fsp3) is 0.500. The first kappa shape index (κ1) is 20.5. The van der Waals surface area contributed by atoms with Crippen LogP contribution in [0.15, 0.2) is 42.5 Å². The monoisotopic (exact) mass is 348 g/mol. The van der Waals surface area contributed by atoms with E-state index in [0.717, 1.165) is 30.2 Å². The quantitative estimate of drug-likeness (QED) is 0.309. The first-order valence-corrected chi connectivity index (χ1v) is 9.62. The van der Waals surface area contributed by atoms with Crippen LogP contribution in [0.5, 0.6) is 0 Å². The van der Waals surface area contributed by atoms with E-state index in [-0.39, 0.29) is 17.7 Å². The van der Waals surface area contributed by atoms with Crippen LogP contribution in [-0.4, -0.2) is 16.3 Å². The average molecular weight is 349 g/mol. The van der Waals surface area contributed by atoms with E-state index < -0.39 is 5.25 Å². The van der Waals surface area contributed by atoms with Crippen LogP contribution < -0.4 is 0 Å². The second-order valence-corrected chi connectivity index (χ2v) is 6.83. The van der Waals surface area contributed by atoms with Crippen molar-refractivity contribution in [1.82, 2.24) is 0 Å². The highest BCUT2D eigenvalue weighted by Crippen LogP contribution is 2.18. The van der Waals surface area contributed by atoms with Crippen LogP contribution in [0.2, 0.25) is 0 Å². The van der Waals surface area contributed by atoms with Gasteiger partial charge < -0.3 is 4.74 Å². The molecular weight excluding hydrogens is 320 g/mol. The molecule has 0 heterocycles. The summed E-state index contributed by atoms with van der Waals surface area (Å²) in [5.74, 6) is -0.351. The molecule has 0 radical (unpaired) electrons. The lowest BCUT2D eigenvalue weighted by Crippen LogP contribution is -2.20. The van der Waals surface area contributed by atoms with E-state index >= 15 is 0 Å². The highest BCUT2D eigenvalue weighted by molar-refractivity contribution is 8.14. The molecule has 1 aromatic carbocycles. The number of allylic oxidation sites excluding steroid dienone is 1. The molecule has 1 aromatic rings. The molecule has 0 N–H and O–H groups in total. The number of unbranched alkanes of at least 4 members (excludes halogenated alkanes) is 4. The Bertz CT molecular complexity index is 511. The molecule has 0 aromatic heterocycles. The third-order valence-electron chi connectivity index (χ3n) is 3.54. The van der Waals surface area contributed by atoms with Gasteiger partial charge in [0, 0.05) is 6.42 Å². The van der Waals surface area contributed by atoms with Crippen LogP contribution in [0.4, 0.5) is 0 Å². The highest BCUT2D eigenvalue weighted by atomic mass is 32.2. The molecular formula is C20H28O3S. The van der Waals surface area contributed by atoms with Crippen molar-refractivity contribution in [3.05, 3.63) is 48.0 Å². The Morgan fingerprint density at radius 1 is 1.12 bits per heavy atom. The third kappa shape index (κ3) is 8.92. The molecule has 0 bridgehead atoms. The van der Waals surface area contributed by atoms with Crippen LogP contribution in [-0.2, 0) is 20.9 Å². The van der Waals surface area contributed by atoms with E-state index in [4.69, 9.17) is 4.74 Å². The maximum Gasteiger partial charge on any atom is 0.323 e. The lowest BCUT2D eigenvalue weighted by molar-refractivity contribution is -0.143. The Labute approximate surface area is 149 Å². The molecule has 0 spiro atoms. The normalized spacial score (nSPS) is 12.2. The molecule has 0 aliphatic heterocycles. The Morgan fingerprint density at radius 3 is 2.54 bits per heavy atom. The van der Waals surface area contributed by atoms with Crippen molar-refractivity contribution in [2.45, 2.75) is 64.2 Å². The summed E-state index contributed by atoms with van der Waals surface area (Å²) in [5, 5.41) is -0.542. The number of ether oxygens (including phenoxy) is 1. The van der Waals surface area contributed by atoms with Gasteiger partial charge in [-0.15, -0.1) is 0 Å². The van der Waals surface area contributed by atoms with Gasteiger partial charge in [-0.1, -0.05) is 87.4 Å². The number of hydrogen-bond acceptors (Lipinski definition) is 4. The number of carbonyl (C=O) groups excluding carboxylic acids is 2. The van der Waals surface area contributed by atoms with Gasteiger partial charge in [0.05, 0.1) is 0 Å². The predicted molar refractivity (Wildman–Crippen MR) is 101 cm³/mol. The maximum atomic E-state index is 12.3. The molecule has 0 aliphatic carbocycles. The molecule has 0 amide bonds. The Morgan fingerprint density at radius 2 is 1.88 bits per heavy atom. The standard InChI is InChI=1S/C20H28O3S/c1-3-5-6-7-8-12-15-18(24-19(21)4-2)20(22)23-16-17-13-10-9-11-14-17/h9-15,18H,3-8,16H2,1-2H3/b15-12+. The molecule has 0 aliphatic rings.